The Labute approximate surface area is 118 Å². The van der Waals surface area contributed by atoms with Crippen molar-refractivity contribution in [3.8, 4) is 0 Å². The first-order valence-electron chi connectivity index (χ1n) is 6.90. The predicted molar refractivity (Wildman–Crippen MR) is 80.7 cm³/mol. The SMILES string of the molecule is CCNC(c1cncc(C)c1)c1coc2ccccc12. The fraction of sp³-hybridized carbons (Fsp3) is 0.235. The third-order valence-corrected chi connectivity index (χ3v) is 3.46. The van der Waals surface area contributed by atoms with E-state index in [4.69, 9.17) is 4.42 Å². The quantitative estimate of drug-likeness (QED) is 0.779. The second-order valence-electron chi connectivity index (χ2n) is 4.97. The van der Waals surface area contributed by atoms with Crippen LogP contribution in [0.4, 0.5) is 0 Å². The zero-order valence-corrected chi connectivity index (χ0v) is 11.8. The van der Waals surface area contributed by atoms with Crippen LogP contribution in [0.5, 0.6) is 0 Å². The molecule has 3 rings (SSSR count). The minimum Gasteiger partial charge on any atom is -0.464 e. The first-order valence-corrected chi connectivity index (χ1v) is 6.90. The first kappa shape index (κ1) is 12.9. The third kappa shape index (κ3) is 2.32. The Kier molecular flexibility index (Phi) is 3.52. The van der Waals surface area contributed by atoms with Gasteiger partial charge in [-0.05, 0) is 30.7 Å². The standard InChI is InChI=1S/C17H18N2O/c1-3-19-17(13-8-12(2)9-18-10-13)15-11-20-16-7-5-4-6-14(15)16/h4-11,17,19H,3H2,1-2H3. The molecule has 1 unspecified atom stereocenters. The summed E-state index contributed by atoms with van der Waals surface area (Å²) in [5, 5.41) is 4.67. The maximum Gasteiger partial charge on any atom is 0.134 e. The highest BCUT2D eigenvalue weighted by atomic mass is 16.3. The molecule has 0 bridgehead atoms. The zero-order chi connectivity index (χ0) is 13.9. The number of benzene rings is 1. The average molecular weight is 266 g/mol. The molecule has 20 heavy (non-hydrogen) atoms. The number of rotatable bonds is 4. The van der Waals surface area contributed by atoms with E-state index in [-0.39, 0.29) is 6.04 Å². The van der Waals surface area contributed by atoms with Crippen LogP contribution in [-0.2, 0) is 0 Å². The van der Waals surface area contributed by atoms with Crippen LogP contribution in [0.15, 0.2) is 53.4 Å². The number of hydrogen-bond donors (Lipinski definition) is 1. The normalized spacial score (nSPS) is 12.7. The van der Waals surface area contributed by atoms with Gasteiger partial charge in [0.05, 0.1) is 12.3 Å². The Morgan fingerprint density at radius 3 is 2.90 bits per heavy atom. The van der Waals surface area contributed by atoms with Crippen molar-refractivity contribution >= 4 is 11.0 Å². The van der Waals surface area contributed by atoms with Gasteiger partial charge in [0.25, 0.3) is 0 Å². The van der Waals surface area contributed by atoms with Crippen LogP contribution < -0.4 is 5.32 Å². The lowest BCUT2D eigenvalue weighted by molar-refractivity contribution is 0.584. The van der Waals surface area contributed by atoms with Crippen molar-refractivity contribution in [1.29, 1.82) is 0 Å². The molecule has 3 aromatic rings. The summed E-state index contributed by atoms with van der Waals surface area (Å²) in [5.41, 5.74) is 4.41. The summed E-state index contributed by atoms with van der Waals surface area (Å²) in [6.45, 7) is 5.06. The van der Waals surface area contributed by atoms with Gasteiger partial charge in [0, 0.05) is 23.3 Å². The zero-order valence-electron chi connectivity index (χ0n) is 11.8. The Bertz CT molecular complexity index is 718. The largest absolute Gasteiger partial charge is 0.464 e. The maximum atomic E-state index is 5.67. The number of aromatic nitrogens is 1. The monoisotopic (exact) mass is 266 g/mol. The van der Waals surface area contributed by atoms with Gasteiger partial charge in [-0.1, -0.05) is 31.2 Å². The van der Waals surface area contributed by atoms with Gasteiger partial charge in [0.1, 0.15) is 5.58 Å². The Morgan fingerprint density at radius 1 is 1.25 bits per heavy atom. The molecule has 0 aliphatic rings. The number of pyridine rings is 1. The molecule has 0 aliphatic carbocycles. The fourth-order valence-corrected chi connectivity index (χ4v) is 2.57. The van der Waals surface area contributed by atoms with Crippen LogP contribution in [-0.4, -0.2) is 11.5 Å². The number of nitrogens with one attached hydrogen (secondary N) is 1. The van der Waals surface area contributed by atoms with E-state index in [1.54, 1.807) is 0 Å². The third-order valence-electron chi connectivity index (χ3n) is 3.46. The van der Waals surface area contributed by atoms with Crippen molar-refractivity contribution in [2.45, 2.75) is 19.9 Å². The topological polar surface area (TPSA) is 38.1 Å². The molecule has 2 heterocycles. The van der Waals surface area contributed by atoms with Crippen LogP contribution in [0.1, 0.15) is 29.7 Å². The molecule has 0 radical (unpaired) electrons. The highest BCUT2D eigenvalue weighted by molar-refractivity contribution is 5.81. The van der Waals surface area contributed by atoms with Crippen LogP contribution in [0.2, 0.25) is 0 Å². The van der Waals surface area contributed by atoms with Crippen LogP contribution >= 0.6 is 0 Å². The fourth-order valence-electron chi connectivity index (χ4n) is 2.57. The van der Waals surface area contributed by atoms with Crippen molar-refractivity contribution < 1.29 is 4.42 Å². The highest BCUT2D eigenvalue weighted by Gasteiger charge is 2.18. The molecule has 0 saturated carbocycles. The van der Waals surface area contributed by atoms with Gasteiger partial charge in [0.15, 0.2) is 0 Å². The van der Waals surface area contributed by atoms with Crippen molar-refractivity contribution in [3.63, 3.8) is 0 Å². The summed E-state index contributed by atoms with van der Waals surface area (Å²) in [7, 11) is 0. The molecule has 0 amide bonds. The number of nitrogens with zero attached hydrogens (tertiary/aromatic N) is 1. The number of fused-ring (bicyclic) bond motifs is 1. The molecule has 102 valence electrons. The van der Waals surface area contributed by atoms with Crippen LogP contribution in [0, 0.1) is 6.92 Å². The molecular formula is C17H18N2O. The lowest BCUT2D eigenvalue weighted by Gasteiger charge is -2.17. The minimum absolute atomic E-state index is 0.107. The number of furan rings is 1. The summed E-state index contributed by atoms with van der Waals surface area (Å²) < 4.78 is 5.67. The van der Waals surface area contributed by atoms with Gasteiger partial charge in [0.2, 0.25) is 0 Å². The summed E-state index contributed by atoms with van der Waals surface area (Å²) in [4.78, 5) is 4.31. The molecule has 3 nitrogen and oxygen atoms in total. The summed E-state index contributed by atoms with van der Waals surface area (Å²) >= 11 is 0. The lowest BCUT2D eigenvalue weighted by atomic mass is 9.98. The molecule has 0 fully saturated rings. The van der Waals surface area contributed by atoms with Crippen LogP contribution in [0.25, 0.3) is 11.0 Å². The molecule has 0 aliphatic heterocycles. The van der Waals surface area contributed by atoms with E-state index in [9.17, 15) is 0 Å². The van der Waals surface area contributed by atoms with E-state index in [1.165, 1.54) is 11.1 Å². The maximum absolute atomic E-state index is 5.67. The summed E-state index contributed by atoms with van der Waals surface area (Å²) in [6, 6.07) is 10.4. The van der Waals surface area contributed by atoms with Crippen molar-refractivity contribution in [3.05, 3.63) is 65.7 Å². The van der Waals surface area contributed by atoms with E-state index < -0.39 is 0 Å². The minimum atomic E-state index is 0.107. The van der Waals surface area contributed by atoms with E-state index in [0.717, 1.165) is 23.1 Å². The van der Waals surface area contributed by atoms with Gasteiger partial charge < -0.3 is 9.73 Å². The van der Waals surface area contributed by atoms with Gasteiger partial charge in [-0.25, -0.2) is 0 Å². The first-order chi connectivity index (χ1) is 9.79. The molecule has 1 atom stereocenters. The second-order valence-corrected chi connectivity index (χ2v) is 4.97. The summed E-state index contributed by atoms with van der Waals surface area (Å²) in [5.74, 6) is 0. The molecule has 0 saturated heterocycles. The van der Waals surface area contributed by atoms with E-state index in [2.05, 4.69) is 36.3 Å². The number of hydrogen-bond acceptors (Lipinski definition) is 3. The Hall–Kier alpha value is -2.13. The molecular weight excluding hydrogens is 248 g/mol. The smallest absolute Gasteiger partial charge is 0.134 e. The lowest BCUT2D eigenvalue weighted by Crippen LogP contribution is -2.22. The predicted octanol–water partition coefficient (Wildman–Crippen LogP) is 3.84. The van der Waals surface area contributed by atoms with E-state index in [1.807, 2.05) is 36.9 Å². The van der Waals surface area contributed by atoms with E-state index in [0.29, 0.717) is 0 Å². The van der Waals surface area contributed by atoms with Crippen LogP contribution in [0.3, 0.4) is 0 Å². The Balaban J connectivity index is 2.11. The average Bonchev–Trinajstić information content (AvgIpc) is 2.88. The molecule has 2 aromatic heterocycles. The van der Waals surface area contributed by atoms with Crippen molar-refractivity contribution in [1.82, 2.24) is 10.3 Å². The Morgan fingerprint density at radius 2 is 2.10 bits per heavy atom. The van der Waals surface area contributed by atoms with Gasteiger partial charge in [-0.15, -0.1) is 0 Å². The van der Waals surface area contributed by atoms with E-state index >= 15 is 0 Å². The second kappa shape index (κ2) is 5.47. The van der Waals surface area contributed by atoms with Crippen molar-refractivity contribution in [2.75, 3.05) is 6.54 Å². The number of para-hydroxylation sites is 1. The highest BCUT2D eigenvalue weighted by Crippen LogP contribution is 2.30. The summed E-state index contributed by atoms with van der Waals surface area (Å²) in [6.07, 6.45) is 5.64. The van der Waals surface area contributed by atoms with Crippen molar-refractivity contribution in [2.24, 2.45) is 0 Å². The molecule has 1 aromatic carbocycles. The molecule has 3 heteroatoms. The number of aryl methyl sites for hydroxylation is 1. The molecule has 1 N–H and O–H groups in total. The van der Waals surface area contributed by atoms with Gasteiger partial charge in [-0.3, -0.25) is 4.98 Å². The molecule has 0 spiro atoms. The van der Waals surface area contributed by atoms with Gasteiger partial charge in [-0.2, -0.15) is 0 Å². The van der Waals surface area contributed by atoms with Gasteiger partial charge >= 0.3 is 0 Å².